The summed E-state index contributed by atoms with van der Waals surface area (Å²) in [6.45, 7) is 1.95. The number of carbonyl (C=O) groups is 1. The first-order valence-electron chi connectivity index (χ1n) is 8.80. The molecule has 138 valence electrons. The molecule has 6 nitrogen and oxygen atoms in total. The van der Waals surface area contributed by atoms with Gasteiger partial charge in [-0.3, -0.25) is 4.90 Å². The Bertz CT molecular complexity index is 942. The van der Waals surface area contributed by atoms with Crippen LogP contribution in [0.25, 0.3) is 0 Å². The third kappa shape index (κ3) is 4.19. The summed E-state index contributed by atoms with van der Waals surface area (Å²) in [6.07, 6.45) is 0.395. The van der Waals surface area contributed by atoms with Crippen LogP contribution >= 0.6 is 15.9 Å². The van der Waals surface area contributed by atoms with Crippen molar-refractivity contribution >= 4 is 22.0 Å². The summed E-state index contributed by atoms with van der Waals surface area (Å²) in [6, 6.07) is 17.8. The lowest BCUT2D eigenvalue weighted by molar-refractivity contribution is 0.0859. The largest absolute Gasteiger partial charge is 0.445 e. The number of rotatable bonds is 4. The lowest BCUT2D eigenvalue weighted by Gasteiger charge is -2.27. The zero-order chi connectivity index (χ0) is 18.6. The zero-order valence-electron chi connectivity index (χ0n) is 14.7. The van der Waals surface area contributed by atoms with E-state index < -0.39 is 0 Å². The molecule has 1 aromatic heterocycles. The van der Waals surface area contributed by atoms with Gasteiger partial charge in [-0.15, -0.1) is 10.2 Å². The van der Waals surface area contributed by atoms with E-state index >= 15 is 0 Å². The third-order valence-electron chi connectivity index (χ3n) is 4.54. The van der Waals surface area contributed by atoms with Crippen LogP contribution in [0, 0.1) is 0 Å². The number of carbonyl (C=O) groups excluding carboxylic acids is 1. The molecule has 0 bridgehead atoms. The van der Waals surface area contributed by atoms with E-state index in [1.807, 2.05) is 42.5 Å². The Labute approximate surface area is 165 Å². The van der Waals surface area contributed by atoms with Crippen LogP contribution in [0.1, 0.15) is 22.8 Å². The molecule has 27 heavy (non-hydrogen) atoms. The highest BCUT2D eigenvalue weighted by Crippen LogP contribution is 2.18. The second-order valence-electron chi connectivity index (χ2n) is 6.45. The van der Waals surface area contributed by atoms with Crippen molar-refractivity contribution in [2.75, 3.05) is 6.54 Å². The molecule has 0 aliphatic carbocycles. The molecule has 0 saturated heterocycles. The maximum atomic E-state index is 12.4. The van der Waals surface area contributed by atoms with E-state index in [-0.39, 0.29) is 12.7 Å². The van der Waals surface area contributed by atoms with Crippen LogP contribution in [0.4, 0.5) is 4.79 Å². The minimum atomic E-state index is -0.318. The normalized spacial score (nSPS) is 13.3. The SMILES string of the molecule is O=C(OCc1ccccc1)N1CCn2c(Cc3cccc(Br)c3)nnc2C1. The molecular formula is C20H19BrN4O2. The first kappa shape index (κ1) is 17.7. The number of nitrogens with zero attached hydrogens (tertiary/aromatic N) is 4. The molecule has 1 aliphatic heterocycles. The van der Waals surface area contributed by atoms with Crippen molar-refractivity contribution in [3.63, 3.8) is 0 Å². The Morgan fingerprint density at radius 3 is 2.67 bits per heavy atom. The maximum absolute atomic E-state index is 12.4. The number of amides is 1. The fraction of sp³-hybridized carbons (Fsp3) is 0.250. The van der Waals surface area contributed by atoms with Crippen molar-refractivity contribution in [2.24, 2.45) is 0 Å². The van der Waals surface area contributed by atoms with Gasteiger partial charge in [0.05, 0.1) is 6.54 Å². The predicted molar refractivity (Wildman–Crippen MR) is 104 cm³/mol. The van der Waals surface area contributed by atoms with Gasteiger partial charge in [0.25, 0.3) is 0 Å². The molecule has 4 rings (SSSR count). The van der Waals surface area contributed by atoms with Crippen LogP contribution < -0.4 is 0 Å². The van der Waals surface area contributed by atoms with E-state index in [9.17, 15) is 4.79 Å². The average molecular weight is 427 g/mol. The minimum absolute atomic E-state index is 0.275. The Hall–Kier alpha value is -2.67. The fourth-order valence-corrected chi connectivity index (χ4v) is 3.59. The van der Waals surface area contributed by atoms with Crippen molar-refractivity contribution in [3.8, 4) is 0 Å². The molecule has 7 heteroatoms. The Kier molecular flexibility index (Phi) is 5.20. The molecule has 0 fully saturated rings. The summed E-state index contributed by atoms with van der Waals surface area (Å²) in [7, 11) is 0. The predicted octanol–water partition coefficient (Wildman–Crippen LogP) is 3.78. The molecule has 3 aromatic rings. The van der Waals surface area contributed by atoms with Gasteiger partial charge in [0.15, 0.2) is 5.82 Å². The molecule has 0 radical (unpaired) electrons. The van der Waals surface area contributed by atoms with E-state index in [1.165, 1.54) is 5.56 Å². The first-order chi connectivity index (χ1) is 13.2. The highest BCUT2D eigenvalue weighted by Gasteiger charge is 2.25. The number of aromatic nitrogens is 3. The van der Waals surface area contributed by atoms with Gasteiger partial charge in [-0.2, -0.15) is 0 Å². The van der Waals surface area contributed by atoms with Gasteiger partial charge in [-0.25, -0.2) is 4.79 Å². The van der Waals surface area contributed by atoms with Crippen LogP contribution in [0.5, 0.6) is 0 Å². The molecule has 0 spiro atoms. The summed E-state index contributed by atoms with van der Waals surface area (Å²) < 4.78 is 8.57. The molecule has 2 heterocycles. The van der Waals surface area contributed by atoms with E-state index in [4.69, 9.17) is 4.74 Å². The number of benzene rings is 2. The number of halogens is 1. The fourth-order valence-electron chi connectivity index (χ4n) is 3.14. The van der Waals surface area contributed by atoms with Crippen LogP contribution in [0.3, 0.4) is 0 Å². The number of ether oxygens (including phenoxy) is 1. The van der Waals surface area contributed by atoms with Gasteiger partial charge in [-0.1, -0.05) is 58.4 Å². The molecule has 0 unspecified atom stereocenters. The summed E-state index contributed by atoms with van der Waals surface area (Å²) in [4.78, 5) is 14.0. The molecule has 2 aromatic carbocycles. The summed E-state index contributed by atoms with van der Waals surface area (Å²) in [5, 5.41) is 8.61. The second kappa shape index (κ2) is 7.92. The lowest BCUT2D eigenvalue weighted by atomic mass is 10.1. The molecule has 1 amide bonds. The minimum Gasteiger partial charge on any atom is -0.445 e. The van der Waals surface area contributed by atoms with E-state index in [0.717, 1.165) is 21.7 Å². The first-order valence-corrected chi connectivity index (χ1v) is 9.59. The van der Waals surface area contributed by atoms with Gasteiger partial charge in [-0.05, 0) is 23.3 Å². The summed E-state index contributed by atoms with van der Waals surface area (Å²) in [5.74, 6) is 1.71. The highest BCUT2D eigenvalue weighted by atomic mass is 79.9. The van der Waals surface area contributed by atoms with Crippen molar-refractivity contribution in [3.05, 3.63) is 81.8 Å². The van der Waals surface area contributed by atoms with Crippen LogP contribution in [-0.4, -0.2) is 32.3 Å². The smallest absolute Gasteiger partial charge is 0.410 e. The van der Waals surface area contributed by atoms with Crippen LogP contribution in [0.2, 0.25) is 0 Å². The molecular weight excluding hydrogens is 408 g/mol. The van der Waals surface area contributed by atoms with E-state index in [1.54, 1.807) is 4.90 Å². The van der Waals surface area contributed by atoms with Crippen molar-refractivity contribution in [1.82, 2.24) is 19.7 Å². The van der Waals surface area contributed by atoms with Gasteiger partial charge in [0, 0.05) is 24.0 Å². The van der Waals surface area contributed by atoms with Gasteiger partial charge < -0.3 is 9.30 Å². The third-order valence-corrected chi connectivity index (χ3v) is 5.04. The number of hydrogen-bond acceptors (Lipinski definition) is 4. The Balaban J connectivity index is 1.39. The van der Waals surface area contributed by atoms with Crippen LogP contribution in [0.15, 0.2) is 59.1 Å². The Morgan fingerprint density at radius 1 is 1.04 bits per heavy atom. The number of hydrogen-bond donors (Lipinski definition) is 0. The monoisotopic (exact) mass is 426 g/mol. The summed E-state index contributed by atoms with van der Waals surface area (Å²) in [5.41, 5.74) is 2.15. The van der Waals surface area contributed by atoms with Gasteiger partial charge in [0.1, 0.15) is 12.4 Å². The van der Waals surface area contributed by atoms with Crippen molar-refractivity contribution in [1.29, 1.82) is 0 Å². The van der Waals surface area contributed by atoms with Crippen molar-refractivity contribution < 1.29 is 9.53 Å². The molecule has 0 N–H and O–H groups in total. The molecule has 1 aliphatic rings. The molecule has 0 atom stereocenters. The van der Waals surface area contributed by atoms with E-state index in [2.05, 4.69) is 42.8 Å². The van der Waals surface area contributed by atoms with Crippen LogP contribution in [-0.2, 0) is 30.9 Å². The van der Waals surface area contributed by atoms with Crippen molar-refractivity contribution in [2.45, 2.75) is 26.1 Å². The lowest BCUT2D eigenvalue weighted by Crippen LogP contribution is -2.39. The quantitative estimate of drug-likeness (QED) is 0.636. The number of fused-ring (bicyclic) bond motifs is 1. The highest BCUT2D eigenvalue weighted by molar-refractivity contribution is 9.10. The standard InChI is InChI=1S/C20H19BrN4O2/c21-17-8-4-7-16(11-17)12-18-22-23-19-13-24(9-10-25(18)19)20(26)27-14-15-5-2-1-3-6-15/h1-8,11H,9-10,12-14H2. The Morgan fingerprint density at radius 2 is 1.85 bits per heavy atom. The topological polar surface area (TPSA) is 60.2 Å². The zero-order valence-corrected chi connectivity index (χ0v) is 16.3. The second-order valence-corrected chi connectivity index (χ2v) is 7.37. The van der Waals surface area contributed by atoms with E-state index in [0.29, 0.717) is 26.1 Å². The maximum Gasteiger partial charge on any atom is 0.410 e. The summed E-state index contributed by atoms with van der Waals surface area (Å²) >= 11 is 3.50. The molecule has 0 saturated carbocycles. The average Bonchev–Trinajstić information content (AvgIpc) is 3.09. The van der Waals surface area contributed by atoms with Gasteiger partial charge >= 0.3 is 6.09 Å². The van der Waals surface area contributed by atoms with Gasteiger partial charge in [0.2, 0.25) is 0 Å².